The van der Waals surface area contributed by atoms with Crippen LogP contribution in [0.25, 0.3) is 0 Å². The summed E-state index contributed by atoms with van der Waals surface area (Å²) >= 11 is 0. The number of ether oxygens (including phenoxy) is 2. The molecule has 0 aliphatic heterocycles. The summed E-state index contributed by atoms with van der Waals surface area (Å²) in [7, 11) is 1.34. The quantitative estimate of drug-likeness (QED) is 0.852. The SMILES string of the molecule is COc1cc(C(=O)COc2cccc(C(F)(F)F)c2)ccc1O. The number of ketones is 1. The summed E-state index contributed by atoms with van der Waals surface area (Å²) in [6.45, 7) is -0.435. The van der Waals surface area contributed by atoms with Gasteiger partial charge in [0.1, 0.15) is 5.75 Å². The number of aromatic hydroxyl groups is 1. The van der Waals surface area contributed by atoms with Gasteiger partial charge >= 0.3 is 6.18 Å². The van der Waals surface area contributed by atoms with Gasteiger partial charge in [0.25, 0.3) is 0 Å². The maximum atomic E-state index is 12.6. The standard InChI is InChI=1S/C16H13F3O4/c1-22-15-7-10(5-6-13(15)20)14(21)9-23-12-4-2-3-11(8-12)16(17,18)19/h2-8,20H,9H2,1H3. The van der Waals surface area contributed by atoms with E-state index in [1.807, 2.05) is 0 Å². The van der Waals surface area contributed by atoms with Gasteiger partial charge in [-0.25, -0.2) is 0 Å². The molecule has 0 fully saturated rings. The van der Waals surface area contributed by atoms with Gasteiger partial charge in [0.2, 0.25) is 0 Å². The third kappa shape index (κ3) is 4.15. The summed E-state index contributed by atoms with van der Waals surface area (Å²) in [6, 6.07) is 8.26. The van der Waals surface area contributed by atoms with Crippen molar-refractivity contribution in [2.24, 2.45) is 0 Å². The molecule has 0 saturated carbocycles. The lowest BCUT2D eigenvalue weighted by atomic mass is 10.1. The molecule has 7 heteroatoms. The molecule has 1 N–H and O–H groups in total. The summed E-state index contributed by atoms with van der Waals surface area (Å²) in [5.41, 5.74) is -0.639. The van der Waals surface area contributed by atoms with Crippen LogP contribution in [0.15, 0.2) is 42.5 Å². The van der Waals surface area contributed by atoms with E-state index in [2.05, 4.69) is 0 Å². The van der Waals surface area contributed by atoms with Gasteiger partial charge in [-0.15, -0.1) is 0 Å². The van der Waals surface area contributed by atoms with Gasteiger partial charge in [-0.2, -0.15) is 13.2 Å². The Morgan fingerprint density at radius 1 is 1.17 bits per heavy atom. The molecule has 23 heavy (non-hydrogen) atoms. The molecule has 0 spiro atoms. The van der Waals surface area contributed by atoms with Gasteiger partial charge in [-0.05, 0) is 36.4 Å². The number of alkyl halides is 3. The Morgan fingerprint density at radius 3 is 2.57 bits per heavy atom. The van der Waals surface area contributed by atoms with E-state index in [1.54, 1.807) is 0 Å². The monoisotopic (exact) mass is 326 g/mol. The van der Waals surface area contributed by atoms with Crippen LogP contribution in [0.3, 0.4) is 0 Å². The second-order valence-electron chi connectivity index (χ2n) is 4.62. The number of phenols is 1. The van der Waals surface area contributed by atoms with Crippen molar-refractivity contribution in [3.63, 3.8) is 0 Å². The Morgan fingerprint density at radius 2 is 1.91 bits per heavy atom. The normalized spacial score (nSPS) is 11.1. The van der Waals surface area contributed by atoms with E-state index in [0.717, 1.165) is 12.1 Å². The van der Waals surface area contributed by atoms with Gasteiger partial charge in [-0.3, -0.25) is 4.79 Å². The van der Waals surface area contributed by atoms with Gasteiger partial charge < -0.3 is 14.6 Å². The lowest BCUT2D eigenvalue weighted by molar-refractivity contribution is -0.137. The lowest BCUT2D eigenvalue weighted by Crippen LogP contribution is -2.12. The minimum atomic E-state index is -4.48. The van der Waals surface area contributed by atoms with Crippen LogP contribution in [-0.2, 0) is 6.18 Å². The fourth-order valence-corrected chi connectivity index (χ4v) is 1.85. The number of hydrogen-bond acceptors (Lipinski definition) is 4. The lowest BCUT2D eigenvalue weighted by Gasteiger charge is -2.10. The first kappa shape index (κ1) is 16.7. The first-order valence-corrected chi connectivity index (χ1v) is 6.51. The Bertz CT molecular complexity index is 711. The number of rotatable bonds is 5. The number of phenolic OH excluding ortho intramolecular Hbond substituents is 1. The molecule has 0 aliphatic carbocycles. The van der Waals surface area contributed by atoms with Gasteiger partial charge in [0.05, 0.1) is 12.7 Å². The van der Waals surface area contributed by atoms with Gasteiger partial charge in [0, 0.05) is 5.56 Å². The number of benzene rings is 2. The second-order valence-corrected chi connectivity index (χ2v) is 4.62. The second kappa shape index (κ2) is 6.60. The Kier molecular flexibility index (Phi) is 4.78. The van der Waals surface area contributed by atoms with E-state index in [4.69, 9.17) is 9.47 Å². The molecule has 0 aliphatic rings. The maximum absolute atomic E-state index is 12.6. The average molecular weight is 326 g/mol. The molecule has 2 aromatic carbocycles. The average Bonchev–Trinajstić information content (AvgIpc) is 2.52. The van der Waals surface area contributed by atoms with Crippen molar-refractivity contribution in [1.29, 1.82) is 0 Å². The van der Waals surface area contributed by atoms with E-state index in [-0.39, 0.29) is 22.8 Å². The van der Waals surface area contributed by atoms with Crippen LogP contribution < -0.4 is 9.47 Å². The Hall–Kier alpha value is -2.70. The van der Waals surface area contributed by atoms with Gasteiger partial charge in [-0.1, -0.05) is 6.07 Å². The number of hydrogen-bond donors (Lipinski definition) is 1. The first-order valence-electron chi connectivity index (χ1n) is 6.51. The Labute approximate surface area is 130 Å². The van der Waals surface area contributed by atoms with Gasteiger partial charge in [0.15, 0.2) is 23.9 Å². The summed E-state index contributed by atoms with van der Waals surface area (Å²) in [4.78, 5) is 12.0. The highest BCUT2D eigenvalue weighted by Gasteiger charge is 2.30. The van der Waals surface area contributed by atoms with Crippen LogP contribution >= 0.6 is 0 Å². The third-order valence-electron chi connectivity index (χ3n) is 3.03. The topological polar surface area (TPSA) is 55.8 Å². The first-order chi connectivity index (χ1) is 10.8. The molecule has 0 radical (unpaired) electrons. The molecule has 0 aromatic heterocycles. The van der Waals surface area contributed by atoms with E-state index in [1.165, 1.54) is 37.4 Å². The minimum absolute atomic E-state index is 0.0566. The zero-order chi connectivity index (χ0) is 17.0. The van der Waals surface area contributed by atoms with Crippen molar-refractivity contribution in [3.05, 3.63) is 53.6 Å². The molecular formula is C16H13F3O4. The molecule has 2 rings (SSSR count). The number of carbonyl (C=O) groups is 1. The fraction of sp³-hybridized carbons (Fsp3) is 0.188. The van der Waals surface area contributed by atoms with Crippen molar-refractivity contribution in [3.8, 4) is 17.2 Å². The van der Waals surface area contributed by atoms with Crippen molar-refractivity contribution in [2.75, 3.05) is 13.7 Å². The zero-order valence-corrected chi connectivity index (χ0v) is 12.1. The van der Waals surface area contributed by atoms with E-state index >= 15 is 0 Å². The van der Waals surface area contributed by atoms with Crippen molar-refractivity contribution in [1.82, 2.24) is 0 Å². The summed E-state index contributed by atoms with van der Waals surface area (Å²) in [6.07, 6.45) is -4.48. The smallest absolute Gasteiger partial charge is 0.416 e. The molecule has 0 unspecified atom stereocenters. The summed E-state index contributed by atoms with van der Waals surface area (Å²) in [5.74, 6) is -0.516. The number of Topliss-reactive ketones (excluding diaryl/α,β-unsaturated/α-hetero) is 1. The van der Waals surface area contributed by atoms with E-state index in [0.29, 0.717) is 0 Å². The van der Waals surface area contributed by atoms with Crippen molar-refractivity contribution < 1.29 is 32.5 Å². The highest BCUT2D eigenvalue weighted by atomic mass is 19.4. The van der Waals surface area contributed by atoms with E-state index < -0.39 is 24.1 Å². The predicted octanol–water partition coefficient (Wildman–Crippen LogP) is 3.68. The van der Waals surface area contributed by atoms with Crippen LogP contribution in [-0.4, -0.2) is 24.6 Å². The van der Waals surface area contributed by atoms with Crippen LogP contribution in [0.5, 0.6) is 17.2 Å². The molecular weight excluding hydrogens is 313 g/mol. The van der Waals surface area contributed by atoms with Crippen molar-refractivity contribution >= 4 is 5.78 Å². The molecule has 0 amide bonds. The summed E-state index contributed by atoms with van der Waals surface area (Å²) < 4.78 is 47.8. The highest BCUT2D eigenvalue weighted by molar-refractivity contribution is 5.97. The molecule has 0 atom stereocenters. The molecule has 2 aromatic rings. The zero-order valence-electron chi connectivity index (χ0n) is 12.1. The predicted molar refractivity (Wildman–Crippen MR) is 75.9 cm³/mol. The third-order valence-corrected chi connectivity index (χ3v) is 3.03. The maximum Gasteiger partial charge on any atom is 0.416 e. The van der Waals surface area contributed by atoms with Crippen LogP contribution in [0.2, 0.25) is 0 Å². The Balaban J connectivity index is 2.08. The molecule has 0 heterocycles. The van der Waals surface area contributed by atoms with E-state index in [9.17, 15) is 23.1 Å². The van der Waals surface area contributed by atoms with Crippen LogP contribution in [0.4, 0.5) is 13.2 Å². The largest absolute Gasteiger partial charge is 0.504 e. The number of carbonyl (C=O) groups excluding carboxylic acids is 1. The summed E-state index contributed by atoms with van der Waals surface area (Å²) in [5, 5.41) is 9.46. The van der Waals surface area contributed by atoms with Crippen LogP contribution in [0, 0.1) is 0 Å². The molecule has 0 bridgehead atoms. The van der Waals surface area contributed by atoms with Crippen LogP contribution in [0.1, 0.15) is 15.9 Å². The minimum Gasteiger partial charge on any atom is -0.504 e. The molecule has 4 nitrogen and oxygen atoms in total. The molecule has 122 valence electrons. The fourth-order valence-electron chi connectivity index (χ4n) is 1.85. The molecule has 0 saturated heterocycles. The highest BCUT2D eigenvalue weighted by Crippen LogP contribution is 2.31. The number of halogens is 3. The number of methoxy groups -OCH3 is 1. The van der Waals surface area contributed by atoms with Crippen molar-refractivity contribution in [2.45, 2.75) is 6.18 Å².